The molecule has 76 valence electrons. The van der Waals surface area contributed by atoms with Crippen molar-refractivity contribution in [2.24, 2.45) is 5.73 Å². The molecule has 0 saturated heterocycles. The van der Waals surface area contributed by atoms with Crippen LogP contribution in [0.4, 0.5) is 0 Å². The maximum Gasteiger partial charge on any atom is 0.139 e. The van der Waals surface area contributed by atoms with Gasteiger partial charge in [0.05, 0.1) is 7.11 Å². The van der Waals surface area contributed by atoms with Crippen LogP contribution < -0.4 is 10.5 Å². The molecule has 0 heterocycles. The van der Waals surface area contributed by atoms with Crippen molar-refractivity contribution in [1.29, 1.82) is 0 Å². The Morgan fingerprint density at radius 3 is 2.86 bits per heavy atom. The molecule has 1 aromatic carbocycles. The van der Waals surface area contributed by atoms with Gasteiger partial charge >= 0.3 is 0 Å². The molecule has 0 aromatic heterocycles. The number of rotatable bonds is 4. The van der Waals surface area contributed by atoms with Gasteiger partial charge in [0.2, 0.25) is 0 Å². The van der Waals surface area contributed by atoms with Gasteiger partial charge in [0.15, 0.2) is 0 Å². The number of nitrogens with two attached hydrogens (primary N) is 1. The number of benzene rings is 1. The van der Waals surface area contributed by atoms with Crippen molar-refractivity contribution in [3.63, 3.8) is 0 Å². The summed E-state index contributed by atoms with van der Waals surface area (Å²) in [4.78, 5) is 1.15. The van der Waals surface area contributed by atoms with Crippen molar-refractivity contribution in [1.82, 2.24) is 0 Å². The lowest BCUT2D eigenvalue weighted by molar-refractivity contribution is 0.404. The average molecular weight is 209 g/mol. The number of thioether (sulfide) groups is 1. The molecule has 0 saturated carbocycles. The molecule has 1 aromatic rings. The summed E-state index contributed by atoms with van der Waals surface area (Å²) in [6.45, 7) is 0.548. The van der Waals surface area contributed by atoms with Crippen LogP contribution in [0.5, 0.6) is 5.75 Å². The van der Waals surface area contributed by atoms with Gasteiger partial charge in [0.25, 0.3) is 0 Å². The Kier molecular flexibility index (Phi) is 4.56. The molecule has 0 atom stereocenters. The molecule has 14 heavy (non-hydrogen) atoms. The second kappa shape index (κ2) is 5.73. The van der Waals surface area contributed by atoms with E-state index in [1.807, 2.05) is 36.6 Å². The molecule has 3 heteroatoms. The van der Waals surface area contributed by atoms with Gasteiger partial charge in [-0.15, -0.1) is 11.8 Å². The fraction of sp³-hybridized carbons (Fsp3) is 0.273. The smallest absolute Gasteiger partial charge is 0.139 e. The van der Waals surface area contributed by atoms with Crippen LogP contribution in [-0.4, -0.2) is 19.9 Å². The minimum absolute atomic E-state index is 0.548. The zero-order valence-corrected chi connectivity index (χ0v) is 9.30. The number of hydrogen-bond donors (Lipinski definition) is 1. The lowest BCUT2D eigenvalue weighted by Crippen LogP contribution is -1.93. The van der Waals surface area contributed by atoms with Crippen molar-refractivity contribution in [3.05, 3.63) is 29.8 Å². The molecule has 0 amide bonds. The fourth-order valence-electron chi connectivity index (χ4n) is 1.24. The van der Waals surface area contributed by atoms with Crippen LogP contribution in [0.1, 0.15) is 5.56 Å². The van der Waals surface area contributed by atoms with E-state index in [9.17, 15) is 0 Å². The Morgan fingerprint density at radius 1 is 1.50 bits per heavy atom. The maximum absolute atomic E-state index is 5.41. The molecule has 0 bridgehead atoms. The zero-order chi connectivity index (χ0) is 10.4. The third-order valence-electron chi connectivity index (χ3n) is 1.87. The van der Waals surface area contributed by atoms with Crippen LogP contribution in [0.2, 0.25) is 0 Å². The Labute approximate surface area is 89.1 Å². The van der Waals surface area contributed by atoms with Crippen molar-refractivity contribution in [2.45, 2.75) is 4.90 Å². The van der Waals surface area contributed by atoms with Crippen LogP contribution in [0.3, 0.4) is 0 Å². The van der Waals surface area contributed by atoms with Gasteiger partial charge in [0.1, 0.15) is 5.75 Å². The largest absolute Gasteiger partial charge is 0.495 e. The minimum Gasteiger partial charge on any atom is -0.495 e. The number of ether oxygens (including phenoxy) is 1. The second-order valence-corrected chi connectivity index (χ2v) is 3.57. The van der Waals surface area contributed by atoms with Gasteiger partial charge in [0, 0.05) is 17.0 Å². The van der Waals surface area contributed by atoms with Crippen molar-refractivity contribution >= 4 is 17.8 Å². The summed E-state index contributed by atoms with van der Waals surface area (Å²) in [5, 5.41) is 0. The molecular formula is C11H15NOS. The Balaban J connectivity index is 3.08. The van der Waals surface area contributed by atoms with Gasteiger partial charge in [-0.25, -0.2) is 0 Å². The molecule has 0 spiro atoms. The number of methoxy groups -OCH3 is 1. The number of para-hydroxylation sites is 1. The van der Waals surface area contributed by atoms with Gasteiger partial charge in [-0.3, -0.25) is 0 Å². The fourth-order valence-corrected chi connectivity index (χ4v) is 1.84. The highest BCUT2D eigenvalue weighted by molar-refractivity contribution is 7.98. The summed E-state index contributed by atoms with van der Waals surface area (Å²) in [6.07, 6.45) is 5.94. The summed E-state index contributed by atoms with van der Waals surface area (Å²) in [5.41, 5.74) is 6.48. The van der Waals surface area contributed by atoms with Gasteiger partial charge in [-0.1, -0.05) is 24.3 Å². The van der Waals surface area contributed by atoms with E-state index in [-0.39, 0.29) is 0 Å². The van der Waals surface area contributed by atoms with Crippen LogP contribution in [0.25, 0.3) is 6.08 Å². The first kappa shape index (κ1) is 11.1. The first-order valence-electron chi connectivity index (χ1n) is 4.41. The van der Waals surface area contributed by atoms with E-state index in [4.69, 9.17) is 10.5 Å². The Morgan fingerprint density at radius 2 is 2.29 bits per heavy atom. The normalized spacial score (nSPS) is 10.8. The molecular weight excluding hydrogens is 194 g/mol. The lowest BCUT2D eigenvalue weighted by Gasteiger charge is -2.08. The molecule has 2 N–H and O–H groups in total. The highest BCUT2D eigenvalue weighted by Crippen LogP contribution is 2.31. The SMILES string of the molecule is COc1c(/C=C/CN)cccc1SC. The first-order valence-corrected chi connectivity index (χ1v) is 5.63. The summed E-state index contributed by atoms with van der Waals surface area (Å²) >= 11 is 1.68. The van der Waals surface area contributed by atoms with Crippen molar-refractivity contribution in [3.8, 4) is 5.75 Å². The molecule has 0 aliphatic rings. The van der Waals surface area contributed by atoms with E-state index < -0.39 is 0 Å². The molecule has 0 radical (unpaired) electrons. The quantitative estimate of drug-likeness (QED) is 0.773. The standard InChI is InChI=1S/C11H15NOS/c1-13-11-9(6-4-8-12)5-3-7-10(11)14-2/h3-7H,8,12H2,1-2H3/b6-4+. The van der Waals surface area contributed by atoms with E-state index in [0.29, 0.717) is 6.54 Å². The monoisotopic (exact) mass is 209 g/mol. The lowest BCUT2D eigenvalue weighted by atomic mass is 10.2. The summed E-state index contributed by atoms with van der Waals surface area (Å²) in [5.74, 6) is 0.921. The van der Waals surface area contributed by atoms with Crippen LogP contribution in [-0.2, 0) is 0 Å². The molecule has 0 unspecified atom stereocenters. The summed E-state index contributed by atoms with van der Waals surface area (Å²) < 4.78 is 5.35. The summed E-state index contributed by atoms with van der Waals surface area (Å²) in [7, 11) is 1.69. The van der Waals surface area contributed by atoms with Crippen LogP contribution in [0.15, 0.2) is 29.2 Å². The number of hydrogen-bond acceptors (Lipinski definition) is 3. The molecule has 2 nitrogen and oxygen atoms in total. The Bertz CT molecular complexity index is 323. The van der Waals surface area contributed by atoms with Crippen molar-refractivity contribution < 1.29 is 4.74 Å². The van der Waals surface area contributed by atoms with Crippen LogP contribution >= 0.6 is 11.8 Å². The van der Waals surface area contributed by atoms with E-state index in [0.717, 1.165) is 16.2 Å². The summed E-state index contributed by atoms with van der Waals surface area (Å²) in [6, 6.07) is 6.08. The molecule has 0 aliphatic carbocycles. The topological polar surface area (TPSA) is 35.2 Å². The zero-order valence-electron chi connectivity index (χ0n) is 8.49. The average Bonchev–Trinajstić information content (AvgIpc) is 2.25. The second-order valence-electron chi connectivity index (χ2n) is 2.72. The van der Waals surface area contributed by atoms with Crippen LogP contribution in [0, 0.1) is 0 Å². The van der Waals surface area contributed by atoms with Gasteiger partial charge in [-0.2, -0.15) is 0 Å². The predicted octanol–water partition coefficient (Wildman–Crippen LogP) is 2.39. The molecule has 1 rings (SSSR count). The van der Waals surface area contributed by atoms with E-state index >= 15 is 0 Å². The third kappa shape index (κ3) is 2.53. The van der Waals surface area contributed by atoms with Gasteiger partial charge in [-0.05, 0) is 12.3 Å². The van der Waals surface area contributed by atoms with Crippen molar-refractivity contribution in [2.75, 3.05) is 19.9 Å². The molecule has 0 fully saturated rings. The highest BCUT2D eigenvalue weighted by Gasteiger charge is 2.04. The van der Waals surface area contributed by atoms with E-state index in [1.165, 1.54) is 0 Å². The first-order chi connectivity index (χ1) is 6.83. The third-order valence-corrected chi connectivity index (χ3v) is 2.63. The highest BCUT2D eigenvalue weighted by atomic mass is 32.2. The van der Waals surface area contributed by atoms with E-state index in [1.54, 1.807) is 18.9 Å². The Hall–Kier alpha value is -0.930. The maximum atomic E-state index is 5.41. The predicted molar refractivity (Wildman–Crippen MR) is 62.9 cm³/mol. The molecule has 0 aliphatic heterocycles. The van der Waals surface area contributed by atoms with Gasteiger partial charge < -0.3 is 10.5 Å². The van der Waals surface area contributed by atoms with E-state index in [2.05, 4.69) is 0 Å². The minimum atomic E-state index is 0.548.